The first-order valence-corrected chi connectivity index (χ1v) is 5.91. The van der Waals surface area contributed by atoms with Crippen molar-refractivity contribution < 1.29 is 9.53 Å². The third-order valence-corrected chi connectivity index (χ3v) is 3.12. The lowest BCUT2D eigenvalue weighted by molar-refractivity contribution is -0.145. The summed E-state index contributed by atoms with van der Waals surface area (Å²) in [6, 6.07) is 6.96. The Kier molecular flexibility index (Phi) is 4.99. The van der Waals surface area contributed by atoms with E-state index in [0.717, 1.165) is 5.69 Å². The summed E-state index contributed by atoms with van der Waals surface area (Å²) in [7, 11) is 1.37. The second-order valence-corrected chi connectivity index (χ2v) is 4.46. The van der Waals surface area contributed by atoms with E-state index in [1.165, 1.54) is 7.11 Å². The van der Waals surface area contributed by atoms with Gasteiger partial charge in [0.25, 0.3) is 0 Å². The summed E-state index contributed by atoms with van der Waals surface area (Å²) in [5, 5.41) is 12.3. The lowest BCUT2D eigenvalue weighted by Crippen LogP contribution is -2.30. The highest BCUT2D eigenvalue weighted by atomic mass is 35.5. The van der Waals surface area contributed by atoms with E-state index < -0.39 is 0 Å². The summed E-state index contributed by atoms with van der Waals surface area (Å²) in [6.07, 6.45) is 0. The fourth-order valence-corrected chi connectivity index (χ4v) is 1.70. The minimum atomic E-state index is -0.274. The largest absolute Gasteiger partial charge is 0.469 e. The fraction of sp³-hybridized carbons (Fsp3) is 0.385. The highest BCUT2D eigenvalue weighted by Gasteiger charge is 2.20. The number of benzene rings is 1. The van der Waals surface area contributed by atoms with Crippen LogP contribution in [-0.2, 0) is 9.53 Å². The summed E-state index contributed by atoms with van der Waals surface area (Å²) in [5.74, 6) is -0.542. The molecule has 0 amide bonds. The maximum absolute atomic E-state index is 11.4. The molecule has 4 nitrogen and oxygen atoms in total. The number of rotatable bonds is 4. The third kappa shape index (κ3) is 3.38. The molecule has 1 rings (SSSR count). The molecule has 0 bridgehead atoms. The van der Waals surface area contributed by atoms with Crippen LogP contribution in [0.3, 0.4) is 0 Å². The molecule has 0 aliphatic carbocycles. The minimum absolute atomic E-state index is 0.0959. The lowest BCUT2D eigenvalue weighted by Gasteiger charge is -2.20. The Morgan fingerprint density at radius 1 is 1.50 bits per heavy atom. The van der Waals surface area contributed by atoms with Crippen LogP contribution in [0.4, 0.5) is 5.69 Å². The zero-order chi connectivity index (χ0) is 13.7. The number of carbonyl (C=O) groups is 1. The molecule has 1 N–H and O–H groups in total. The van der Waals surface area contributed by atoms with Crippen molar-refractivity contribution in [1.82, 2.24) is 0 Å². The molecule has 0 fully saturated rings. The van der Waals surface area contributed by atoms with Gasteiger partial charge in [-0.1, -0.05) is 11.6 Å². The number of methoxy groups -OCH3 is 1. The number of esters is 1. The summed E-state index contributed by atoms with van der Waals surface area (Å²) < 4.78 is 4.68. The van der Waals surface area contributed by atoms with E-state index in [1.54, 1.807) is 25.1 Å². The molecule has 0 radical (unpaired) electrons. The second kappa shape index (κ2) is 6.27. The number of ether oxygens (including phenoxy) is 1. The summed E-state index contributed by atoms with van der Waals surface area (Å²) in [6.45, 7) is 3.67. The van der Waals surface area contributed by atoms with Gasteiger partial charge in [0.2, 0.25) is 0 Å². The average Bonchev–Trinajstić information content (AvgIpc) is 2.37. The predicted octanol–water partition coefficient (Wildman–Crippen LogP) is 2.82. The molecule has 1 aromatic rings. The average molecular weight is 267 g/mol. The Balaban J connectivity index is 2.77. The zero-order valence-electron chi connectivity index (χ0n) is 10.5. The van der Waals surface area contributed by atoms with Gasteiger partial charge < -0.3 is 10.1 Å². The van der Waals surface area contributed by atoms with Gasteiger partial charge in [0.15, 0.2) is 0 Å². The van der Waals surface area contributed by atoms with E-state index in [-0.39, 0.29) is 17.9 Å². The predicted molar refractivity (Wildman–Crippen MR) is 70.4 cm³/mol. The molecule has 2 unspecified atom stereocenters. The van der Waals surface area contributed by atoms with Crippen molar-refractivity contribution in [1.29, 1.82) is 5.26 Å². The van der Waals surface area contributed by atoms with Crippen LogP contribution in [0.2, 0.25) is 5.02 Å². The van der Waals surface area contributed by atoms with Crippen LogP contribution in [0.5, 0.6) is 0 Å². The summed E-state index contributed by atoms with van der Waals surface area (Å²) >= 11 is 5.93. The topological polar surface area (TPSA) is 62.1 Å². The molecule has 0 saturated carbocycles. The molecule has 1 aromatic carbocycles. The van der Waals surface area contributed by atoms with Gasteiger partial charge >= 0.3 is 5.97 Å². The Morgan fingerprint density at radius 2 is 2.17 bits per heavy atom. The minimum Gasteiger partial charge on any atom is -0.469 e. The first-order valence-electron chi connectivity index (χ1n) is 5.53. The van der Waals surface area contributed by atoms with Gasteiger partial charge in [-0.05, 0) is 32.0 Å². The van der Waals surface area contributed by atoms with Crippen LogP contribution >= 0.6 is 11.6 Å². The van der Waals surface area contributed by atoms with E-state index >= 15 is 0 Å². The normalized spacial score (nSPS) is 13.3. The van der Waals surface area contributed by atoms with E-state index in [1.807, 2.05) is 13.0 Å². The lowest BCUT2D eigenvalue weighted by atomic mass is 10.0. The fourth-order valence-electron chi connectivity index (χ4n) is 1.47. The van der Waals surface area contributed by atoms with Crippen LogP contribution in [0.25, 0.3) is 0 Å². The van der Waals surface area contributed by atoms with Gasteiger partial charge in [0.05, 0.1) is 23.6 Å². The van der Waals surface area contributed by atoms with Crippen LogP contribution < -0.4 is 5.32 Å². The number of halogens is 1. The standard InChI is InChI=1S/C13H15ClN2O2/c1-8(13(17)18-3)9(2)16-11-5-4-10(7-15)12(14)6-11/h4-6,8-9,16H,1-3H3. The number of hydrogen-bond donors (Lipinski definition) is 1. The number of nitrogens with zero attached hydrogens (tertiary/aromatic N) is 1. The molecule has 2 atom stereocenters. The van der Waals surface area contributed by atoms with Crippen molar-refractivity contribution in [3.05, 3.63) is 28.8 Å². The van der Waals surface area contributed by atoms with Crippen LogP contribution in [0, 0.1) is 17.2 Å². The van der Waals surface area contributed by atoms with Gasteiger partial charge in [0.1, 0.15) is 6.07 Å². The Labute approximate surface area is 112 Å². The van der Waals surface area contributed by atoms with Gasteiger partial charge in [-0.25, -0.2) is 0 Å². The molecule has 0 spiro atoms. The summed E-state index contributed by atoms with van der Waals surface area (Å²) in [5.41, 5.74) is 1.19. The second-order valence-electron chi connectivity index (χ2n) is 4.05. The Morgan fingerprint density at radius 3 is 2.67 bits per heavy atom. The Bertz CT molecular complexity index is 482. The highest BCUT2D eigenvalue weighted by Crippen LogP contribution is 2.22. The van der Waals surface area contributed by atoms with Crippen molar-refractivity contribution >= 4 is 23.3 Å². The van der Waals surface area contributed by atoms with Crippen LogP contribution in [-0.4, -0.2) is 19.1 Å². The zero-order valence-corrected chi connectivity index (χ0v) is 11.3. The van der Waals surface area contributed by atoms with Crippen molar-refractivity contribution in [3.63, 3.8) is 0 Å². The van der Waals surface area contributed by atoms with Crippen LogP contribution in [0.15, 0.2) is 18.2 Å². The monoisotopic (exact) mass is 266 g/mol. The van der Waals surface area contributed by atoms with Gasteiger partial charge in [0, 0.05) is 11.7 Å². The van der Waals surface area contributed by atoms with Crippen molar-refractivity contribution in [3.8, 4) is 6.07 Å². The van der Waals surface area contributed by atoms with Crippen molar-refractivity contribution in [2.75, 3.05) is 12.4 Å². The molecule has 0 aliphatic rings. The molecule has 5 heteroatoms. The molecule has 0 saturated heterocycles. The SMILES string of the molecule is COC(=O)C(C)C(C)Nc1ccc(C#N)c(Cl)c1. The van der Waals surface area contributed by atoms with Gasteiger partial charge in [-0.3, -0.25) is 4.79 Å². The first-order chi connectivity index (χ1) is 8.49. The maximum atomic E-state index is 11.4. The van der Waals surface area contributed by atoms with Crippen molar-refractivity contribution in [2.45, 2.75) is 19.9 Å². The van der Waals surface area contributed by atoms with E-state index in [9.17, 15) is 4.79 Å². The number of hydrogen-bond acceptors (Lipinski definition) is 4. The number of anilines is 1. The van der Waals surface area contributed by atoms with Gasteiger partial charge in [-0.15, -0.1) is 0 Å². The third-order valence-electron chi connectivity index (χ3n) is 2.81. The maximum Gasteiger partial charge on any atom is 0.310 e. The molecule has 0 aliphatic heterocycles. The van der Waals surface area contributed by atoms with Gasteiger partial charge in [-0.2, -0.15) is 5.26 Å². The molecular formula is C13H15ClN2O2. The molecular weight excluding hydrogens is 252 g/mol. The van der Waals surface area contributed by atoms with E-state index in [0.29, 0.717) is 10.6 Å². The van der Waals surface area contributed by atoms with Crippen LogP contribution in [0.1, 0.15) is 19.4 Å². The number of carbonyl (C=O) groups excluding carboxylic acids is 1. The first kappa shape index (κ1) is 14.3. The number of nitriles is 1. The Hall–Kier alpha value is -1.73. The van der Waals surface area contributed by atoms with Crippen molar-refractivity contribution in [2.24, 2.45) is 5.92 Å². The molecule has 96 valence electrons. The van der Waals surface area contributed by atoms with E-state index in [4.69, 9.17) is 16.9 Å². The molecule has 0 heterocycles. The smallest absolute Gasteiger partial charge is 0.310 e. The number of nitrogens with one attached hydrogen (secondary N) is 1. The molecule has 0 aromatic heterocycles. The summed E-state index contributed by atoms with van der Waals surface area (Å²) in [4.78, 5) is 11.4. The highest BCUT2D eigenvalue weighted by molar-refractivity contribution is 6.32. The molecule has 18 heavy (non-hydrogen) atoms. The van der Waals surface area contributed by atoms with E-state index in [2.05, 4.69) is 10.1 Å². The quantitative estimate of drug-likeness (QED) is 0.851.